The summed E-state index contributed by atoms with van der Waals surface area (Å²) >= 11 is 4.02. The third-order valence-corrected chi connectivity index (χ3v) is 6.27. The number of phenolic OH excluding ortho intramolecular Hbond substituents is 2. The van der Waals surface area contributed by atoms with Crippen LogP contribution in [0.4, 0.5) is 0 Å². The zero-order valence-electron chi connectivity index (χ0n) is 21.8. The van der Waals surface area contributed by atoms with Crippen LogP contribution in [-0.4, -0.2) is 68.9 Å². The van der Waals surface area contributed by atoms with Gasteiger partial charge in [-0.2, -0.15) is 12.6 Å². The van der Waals surface area contributed by atoms with Crippen molar-refractivity contribution in [2.75, 3.05) is 5.75 Å². The molecule has 2 aromatic rings. The lowest BCUT2D eigenvalue weighted by Crippen LogP contribution is -2.58. The van der Waals surface area contributed by atoms with Gasteiger partial charge in [0.1, 0.15) is 29.6 Å². The molecule has 4 unspecified atom stereocenters. The number of nitrogens with two attached hydrogens (primary N) is 1. The van der Waals surface area contributed by atoms with Crippen LogP contribution in [0.25, 0.3) is 0 Å². The first-order chi connectivity index (χ1) is 18.4. The first kappa shape index (κ1) is 31.4. The van der Waals surface area contributed by atoms with Gasteiger partial charge in [-0.1, -0.05) is 38.1 Å². The average molecular weight is 561 g/mol. The van der Waals surface area contributed by atoms with Crippen LogP contribution in [0, 0.1) is 5.92 Å². The summed E-state index contributed by atoms with van der Waals surface area (Å²) in [6, 6.07) is 7.47. The topological polar surface area (TPSA) is 191 Å². The summed E-state index contributed by atoms with van der Waals surface area (Å²) in [5.74, 6) is -3.10. The number of hydrogen-bond donors (Lipinski definition) is 8. The number of carboxylic acid groups (broad SMARTS) is 1. The molecule has 39 heavy (non-hydrogen) atoms. The molecule has 0 saturated heterocycles. The first-order valence-electron chi connectivity index (χ1n) is 12.5. The van der Waals surface area contributed by atoms with Gasteiger partial charge >= 0.3 is 5.97 Å². The predicted molar refractivity (Wildman–Crippen MR) is 148 cm³/mol. The second kappa shape index (κ2) is 15.0. The maximum atomic E-state index is 13.3. The monoisotopic (exact) mass is 560 g/mol. The van der Waals surface area contributed by atoms with E-state index in [1.54, 1.807) is 24.3 Å². The fraction of sp³-hybridized carbons (Fsp3) is 0.407. The summed E-state index contributed by atoms with van der Waals surface area (Å²) in [6.07, 6.45) is 0.194. The van der Waals surface area contributed by atoms with Crippen molar-refractivity contribution in [3.8, 4) is 11.5 Å². The van der Waals surface area contributed by atoms with Crippen LogP contribution in [0.2, 0.25) is 0 Å². The number of rotatable bonds is 14. The van der Waals surface area contributed by atoms with Crippen molar-refractivity contribution in [3.05, 3.63) is 59.7 Å². The highest BCUT2D eigenvalue weighted by atomic mass is 32.1. The first-order valence-corrected chi connectivity index (χ1v) is 13.1. The van der Waals surface area contributed by atoms with Gasteiger partial charge in [0.2, 0.25) is 17.7 Å². The van der Waals surface area contributed by atoms with E-state index in [0.717, 1.165) is 0 Å². The Labute approximate surface area is 232 Å². The Bertz CT molecular complexity index is 1130. The second-order valence-electron chi connectivity index (χ2n) is 9.68. The van der Waals surface area contributed by atoms with Crippen LogP contribution in [-0.2, 0) is 32.0 Å². The number of thiol groups is 1. The van der Waals surface area contributed by atoms with E-state index in [-0.39, 0.29) is 42.4 Å². The Morgan fingerprint density at radius 2 is 1.15 bits per heavy atom. The molecule has 0 fully saturated rings. The van der Waals surface area contributed by atoms with Crippen LogP contribution in [0.5, 0.6) is 11.5 Å². The molecule has 4 atom stereocenters. The van der Waals surface area contributed by atoms with E-state index in [4.69, 9.17) is 5.73 Å². The highest BCUT2D eigenvalue weighted by Gasteiger charge is 2.31. The number of carbonyl (C=O) groups is 4. The van der Waals surface area contributed by atoms with Crippen LogP contribution >= 0.6 is 12.6 Å². The van der Waals surface area contributed by atoms with Gasteiger partial charge in [-0.15, -0.1) is 0 Å². The third kappa shape index (κ3) is 10.5. The van der Waals surface area contributed by atoms with E-state index in [0.29, 0.717) is 11.1 Å². The summed E-state index contributed by atoms with van der Waals surface area (Å²) in [7, 11) is 0. The van der Waals surface area contributed by atoms with Gasteiger partial charge < -0.3 is 37.0 Å². The van der Waals surface area contributed by atoms with Gasteiger partial charge in [0.25, 0.3) is 0 Å². The van der Waals surface area contributed by atoms with Crippen molar-refractivity contribution in [1.29, 1.82) is 0 Å². The molecule has 0 bridgehead atoms. The van der Waals surface area contributed by atoms with E-state index in [1.165, 1.54) is 24.3 Å². The van der Waals surface area contributed by atoms with Crippen molar-refractivity contribution >= 4 is 36.3 Å². The molecule has 0 aromatic heterocycles. The number of aromatic hydroxyl groups is 2. The molecule has 0 aliphatic carbocycles. The molecule has 8 N–H and O–H groups in total. The number of carbonyl (C=O) groups excluding carboxylic acids is 3. The Hall–Kier alpha value is -3.77. The lowest BCUT2D eigenvalue weighted by Gasteiger charge is -2.26. The van der Waals surface area contributed by atoms with E-state index in [9.17, 15) is 34.5 Å². The highest BCUT2D eigenvalue weighted by molar-refractivity contribution is 7.80. The van der Waals surface area contributed by atoms with Crippen molar-refractivity contribution in [1.82, 2.24) is 16.0 Å². The summed E-state index contributed by atoms with van der Waals surface area (Å²) in [6.45, 7) is 3.73. The van der Waals surface area contributed by atoms with Crippen molar-refractivity contribution in [3.63, 3.8) is 0 Å². The third-order valence-electron chi connectivity index (χ3n) is 5.87. The lowest BCUT2D eigenvalue weighted by molar-refractivity contribution is -0.142. The molecular formula is C27H36N4O7S. The fourth-order valence-corrected chi connectivity index (χ4v) is 3.92. The molecule has 2 aromatic carbocycles. The molecule has 11 nitrogen and oxygen atoms in total. The molecular weight excluding hydrogens is 524 g/mol. The fourth-order valence-electron chi connectivity index (χ4n) is 3.75. The lowest BCUT2D eigenvalue weighted by atomic mass is 10.00. The number of nitrogens with one attached hydrogen (secondary N) is 3. The van der Waals surface area contributed by atoms with Crippen LogP contribution in [0.15, 0.2) is 48.5 Å². The highest BCUT2D eigenvalue weighted by Crippen LogP contribution is 2.14. The minimum Gasteiger partial charge on any atom is -0.508 e. The van der Waals surface area contributed by atoms with Gasteiger partial charge in [-0.3, -0.25) is 14.4 Å². The molecule has 0 heterocycles. The molecule has 0 saturated carbocycles. The maximum Gasteiger partial charge on any atom is 0.326 e. The van der Waals surface area contributed by atoms with Gasteiger partial charge in [-0.25, -0.2) is 4.79 Å². The second-order valence-corrected chi connectivity index (χ2v) is 10.0. The molecule has 3 amide bonds. The molecule has 0 spiro atoms. The maximum absolute atomic E-state index is 13.3. The van der Waals surface area contributed by atoms with Crippen molar-refractivity contribution in [2.24, 2.45) is 11.7 Å². The zero-order valence-corrected chi connectivity index (χ0v) is 22.7. The van der Waals surface area contributed by atoms with E-state index in [1.807, 2.05) is 13.8 Å². The molecule has 2 rings (SSSR count). The van der Waals surface area contributed by atoms with E-state index < -0.39 is 47.9 Å². The number of hydrogen-bond acceptors (Lipinski definition) is 8. The van der Waals surface area contributed by atoms with Gasteiger partial charge in [0.15, 0.2) is 0 Å². The number of phenols is 2. The largest absolute Gasteiger partial charge is 0.508 e. The number of amides is 3. The summed E-state index contributed by atoms with van der Waals surface area (Å²) < 4.78 is 0. The molecule has 12 heteroatoms. The normalized spacial score (nSPS) is 14.1. The van der Waals surface area contributed by atoms with E-state index >= 15 is 0 Å². The van der Waals surface area contributed by atoms with Gasteiger partial charge in [0, 0.05) is 18.6 Å². The average Bonchev–Trinajstić information content (AvgIpc) is 2.88. The number of aliphatic carboxylic acids is 1. The molecule has 212 valence electrons. The SMILES string of the molecule is CC(C)CC(NC(=O)C(N)CS)C(=O)NC(Cc1ccc(O)cc1)C(=O)NC(Cc1ccc(O)cc1)C(=O)O. The van der Waals surface area contributed by atoms with Crippen LogP contribution in [0.3, 0.4) is 0 Å². The smallest absolute Gasteiger partial charge is 0.326 e. The van der Waals surface area contributed by atoms with Gasteiger partial charge in [-0.05, 0) is 47.7 Å². The molecule has 0 aliphatic heterocycles. The Balaban J connectivity index is 2.28. The summed E-state index contributed by atoms with van der Waals surface area (Å²) in [5.41, 5.74) is 6.91. The van der Waals surface area contributed by atoms with Crippen molar-refractivity contribution < 1.29 is 34.5 Å². The molecule has 0 radical (unpaired) electrons. The summed E-state index contributed by atoms with van der Waals surface area (Å²) in [5, 5.41) is 36.6. The Kier molecular flexibility index (Phi) is 12.1. The van der Waals surface area contributed by atoms with Crippen LogP contribution < -0.4 is 21.7 Å². The van der Waals surface area contributed by atoms with Crippen molar-refractivity contribution in [2.45, 2.75) is 57.3 Å². The Morgan fingerprint density at radius 3 is 1.59 bits per heavy atom. The summed E-state index contributed by atoms with van der Waals surface area (Å²) in [4.78, 5) is 50.9. The van der Waals surface area contributed by atoms with E-state index in [2.05, 4.69) is 28.6 Å². The number of benzene rings is 2. The number of carboxylic acids is 1. The quantitative estimate of drug-likeness (QED) is 0.155. The molecule has 0 aliphatic rings. The minimum atomic E-state index is -1.32. The van der Waals surface area contributed by atoms with Crippen LogP contribution in [0.1, 0.15) is 31.4 Å². The van der Waals surface area contributed by atoms with Gasteiger partial charge in [0.05, 0.1) is 6.04 Å². The Morgan fingerprint density at radius 1 is 0.744 bits per heavy atom. The predicted octanol–water partition coefficient (Wildman–Crippen LogP) is 0.725. The standard InChI is InChI=1S/C27H36N4O7S/c1-15(2)11-21(29-24(34)20(28)14-39)25(35)30-22(12-16-3-7-18(32)8-4-16)26(36)31-23(27(37)38)13-17-5-9-19(33)10-6-17/h3-10,15,20-23,32-33,39H,11-14,28H2,1-2H3,(H,29,34)(H,30,35)(H,31,36)(H,37,38). The minimum absolute atomic E-state index is 0.0120. The zero-order chi connectivity index (χ0) is 29.1.